The van der Waals surface area contributed by atoms with Gasteiger partial charge in [-0.1, -0.05) is 30.3 Å². The first-order valence-corrected chi connectivity index (χ1v) is 12.1. The van der Waals surface area contributed by atoms with E-state index in [1.807, 2.05) is 0 Å². The molecule has 0 bridgehead atoms. The summed E-state index contributed by atoms with van der Waals surface area (Å²) in [5.74, 6) is 1.69. The smallest absolute Gasteiger partial charge is 0.191 e. The summed E-state index contributed by atoms with van der Waals surface area (Å²) in [6, 6.07) is 12.6. The topological polar surface area (TPSA) is 42.9 Å². The normalized spacial score (nSPS) is 25.8. The Hall–Kier alpha value is -0.860. The Bertz CT molecular complexity index is 651. The van der Waals surface area contributed by atoms with Crippen molar-refractivity contribution in [2.45, 2.75) is 78.0 Å². The molecule has 1 aromatic carbocycles. The van der Waals surface area contributed by atoms with Crippen molar-refractivity contribution in [1.82, 2.24) is 20.4 Å². The first-order chi connectivity index (χ1) is 14.5. The standard InChI is InChI=1S/C25H43N5.HI/c1-5-26-25(27-17-23-12-9-14-29(19-23)20(2)3)28-24-13-15-30(21(4)16-24)18-22-10-7-6-8-11-22;/h6-8,10-11,20-21,23-24H,5,9,12-19H2,1-4H3,(H2,26,27,28);1H. The third-order valence-corrected chi connectivity index (χ3v) is 6.72. The summed E-state index contributed by atoms with van der Waals surface area (Å²) in [5.41, 5.74) is 1.41. The highest BCUT2D eigenvalue weighted by Gasteiger charge is 2.26. The lowest BCUT2D eigenvalue weighted by Gasteiger charge is -2.38. The van der Waals surface area contributed by atoms with Gasteiger partial charge in [0, 0.05) is 50.8 Å². The van der Waals surface area contributed by atoms with Gasteiger partial charge in [0.1, 0.15) is 0 Å². The molecule has 0 aliphatic carbocycles. The highest BCUT2D eigenvalue weighted by Crippen LogP contribution is 2.21. The maximum atomic E-state index is 4.99. The molecule has 1 aromatic rings. The number of benzene rings is 1. The molecular formula is C25H44IN5. The zero-order valence-corrected chi connectivity index (χ0v) is 22.3. The summed E-state index contributed by atoms with van der Waals surface area (Å²) < 4.78 is 0. The van der Waals surface area contributed by atoms with Crippen LogP contribution in [0.1, 0.15) is 58.9 Å². The van der Waals surface area contributed by atoms with E-state index in [0.717, 1.165) is 32.1 Å². The summed E-state index contributed by atoms with van der Waals surface area (Å²) in [7, 11) is 0. The number of hydrogen-bond acceptors (Lipinski definition) is 3. The summed E-state index contributed by atoms with van der Waals surface area (Å²) in [6.07, 6.45) is 4.95. The number of aliphatic imine (C=N–C) groups is 1. The Labute approximate surface area is 207 Å². The van der Waals surface area contributed by atoms with Crippen molar-refractivity contribution < 1.29 is 0 Å². The zero-order chi connectivity index (χ0) is 21.3. The number of hydrogen-bond donors (Lipinski definition) is 2. The molecule has 0 saturated carbocycles. The van der Waals surface area contributed by atoms with Crippen molar-refractivity contribution >= 4 is 29.9 Å². The van der Waals surface area contributed by atoms with Crippen LogP contribution in [0, 0.1) is 5.92 Å². The van der Waals surface area contributed by atoms with Crippen LogP contribution in [-0.2, 0) is 6.54 Å². The first-order valence-electron chi connectivity index (χ1n) is 12.1. The van der Waals surface area contributed by atoms with Crippen LogP contribution in [0.4, 0.5) is 0 Å². The van der Waals surface area contributed by atoms with E-state index in [1.54, 1.807) is 0 Å². The van der Waals surface area contributed by atoms with Crippen LogP contribution in [0.3, 0.4) is 0 Å². The van der Waals surface area contributed by atoms with Crippen molar-refractivity contribution in [3.63, 3.8) is 0 Å². The number of likely N-dealkylation sites (tertiary alicyclic amines) is 2. The van der Waals surface area contributed by atoms with E-state index in [4.69, 9.17) is 4.99 Å². The average molecular weight is 542 g/mol. The lowest BCUT2D eigenvalue weighted by Crippen LogP contribution is -2.51. The number of nitrogens with one attached hydrogen (secondary N) is 2. The van der Waals surface area contributed by atoms with Gasteiger partial charge in [-0.2, -0.15) is 0 Å². The fourth-order valence-electron chi connectivity index (χ4n) is 4.85. The van der Waals surface area contributed by atoms with Gasteiger partial charge < -0.3 is 15.5 Å². The zero-order valence-electron chi connectivity index (χ0n) is 20.0. The molecule has 2 saturated heterocycles. The minimum absolute atomic E-state index is 0. The van der Waals surface area contributed by atoms with Gasteiger partial charge in [-0.05, 0) is 71.4 Å². The highest BCUT2D eigenvalue weighted by molar-refractivity contribution is 14.0. The molecule has 0 radical (unpaired) electrons. The maximum Gasteiger partial charge on any atom is 0.191 e. The number of rotatable bonds is 7. The van der Waals surface area contributed by atoms with Crippen molar-refractivity contribution in [1.29, 1.82) is 0 Å². The van der Waals surface area contributed by atoms with Crippen molar-refractivity contribution in [3.05, 3.63) is 35.9 Å². The fourth-order valence-corrected chi connectivity index (χ4v) is 4.85. The molecule has 5 nitrogen and oxygen atoms in total. The van der Waals surface area contributed by atoms with Crippen molar-refractivity contribution in [2.24, 2.45) is 10.9 Å². The number of nitrogens with zero attached hydrogens (tertiary/aromatic N) is 3. The van der Waals surface area contributed by atoms with Crippen LogP contribution in [0.25, 0.3) is 0 Å². The van der Waals surface area contributed by atoms with E-state index in [0.29, 0.717) is 24.0 Å². The molecule has 0 aromatic heterocycles. The maximum absolute atomic E-state index is 4.99. The largest absolute Gasteiger partial charge is 0.357 e. The quantitative estimate of drug-likeness (QED) is 0.307. The van der Waals surface area contributed by atoms with Gasteiger partial charge >= 0.3 is 0 Å². The van der Waals surface area contributed by atoms with E-state index in [2.05, 4.69) is 78.5 Å². The van der Waals surface area contributed by atoms with Gasteiger partial charge in [0.2, 0.25) is 0 Å². The Morgan fingerprint density at radius 3 is 2.61 bits per heavy atom. The minimum atomic E-state index is 0. The second-order valence-electron chi connectivity index (χ2n) is 9.49. The van der Waals surface area contributed by atoms with E-state index in [9.17, 15) is 0 Å². The predicted octanol–water partition coefficient (Wildman–Crippen LogP) is 4.33. The number of halogens is 1. The van der Waals surface area contributed by atoms with Gasteiger partial charge in [0.15, 0.2) is 5.96 Å². The molecule has 2 heterocycles. The van der Waals surface area contributed by atoms with E-state index in [1.165, 1.54) is 44.3 Å². The molecule has 2 fully saturated rings. The number of guanidine groups is 1. The molecule has 0 spiro atoms. The Morgan fingerprint density at radius 1 is 1.16 bits per heavy atom. The lowest BCUT2D eigenvalue weighted by atomic mass is 9.97. The average Bonchev–Trinajstić information content (AvgIpc) is 2.75. The van der Waals surface area contributed by atoms with Crippen LogP contribution < -0.4 is 10.6 Å². The second-order valence-corrected chi connectivity index (χ2v) is 9.49. The van der Waals surface area contributed by atoms with E-state index < -0.39 is 0 Å². The Kier molecular flexibility index (Phi) is 11.6. The van der Waals surface area contributed by atoms with Gasteiger partial charge in [-0.15, -0.1) is 24.0 Å². The molecule has 2 aliphatic heterocycles. The predicted molar refractivity (Wildman–Crippen MR) is 143 cm³/mol. The summed E-state index contributed by atoms with van der Waals surface area (Å²) in [6.45, 7) is 15.6. The highest BCUT2D eigenvalue weighted by atomic mass is 127. The molecule has 0 amide bonds. The lowest BCUT2D eigenvalue weighted by molar-refractivity contribution is 0.134. The van der Waals surface area contributed by atoms with Gasteiger partial charge in [0.05, 0.1) is 0 Å². The molecule has 31 heavy (non-hydrogen) atoms. The summed E-state index contributed by atoms with van der Waals surface area (Å²) in [5, 5.41) is 7.22. The molecule has 3 unspecified atom stereocenters. The molecule has 176 valence electrons. The Balaban J connectivity index is 0.00000341. The van der Waals surface area contributed by atoms with E-state index in [-0.39, 0.29) is 24.0 Å². The minimum Gasteiger partial charge on any atom is -0.357 e. The van der Waals surface area contributed by atoms with Gasteiger partial charge in [-0.25, -0.2) is 0 Å². The van der Waals surface area contributed by atoms with Gasteiger partial charge in [-0.3, -0.25) is 9.89 Å². The van der Waals surface area contributed by atoms with Gasteiger partial charge in [0.25, 0.3) is 0 Å². The van der Waals surface area contributed by atoms with Crippen LogP contribution in [0.2, 0.25) is 0 Å². The summed E-state index contributed by atoms with van der Waals surface area (Å²) in [4.78, 5) is 10.2. The molecule has 3 rings (SSSR count). The Morgan fingerprint density at radius 2 is 1.94 bits per heavy atom. The third-order valence-electron chi connectivity index (χ3n) is 6.72. The SMILES string of the molecule is CCNC(=NCC1CCCN(C(C)C)C1)NC1CCN(Cc2ccccc2)C(C)C1.I. The monoisotopic (exact) mass is 541 g/mol. The van der Waals surface area contributed by atoms with Crippen LogP contribution in [0.5, 0.6) is 0 Å². The van der Waals surface area contributed by atoms with Crippen molar-refractivity contribution in [2.75, 3.05) is 32.7 Å². The molecule has 2 N–H and O–H groups in total. The second kappa shape index (κ2) is 13.6. The van der Waals surface area contributed by atoms with Crippen LogP contribution >= 0.6 is 24.0 Å². The third kappa shape index (κ3) is 8.54. The van der Waals surface area contributed by atoms with Crippen LogP contribution in [-0.4, -0.2) is 66.6 Å². The molecule has 3 atom stereocenters. The number of piperidine rings is 2. The summed E-state index contributed by atoms with van der Waals surface area (Å²) >= 11 is 0. The molecule has 2 aliphatic rings. The van der Waals surface area contributed by atoms with E-state index >= 15 is 0 Å². The molecule has 6 heteroatoms. The fraction of sp³-hybridized carbons (Fsp3) is 0.720. The van der Waals surface area contributed by atoms with Crippen molar-refractivity contribution in [3.8, 4) is 0 Å². The first kappa shape index (κ1) is 26.4. The van der Waals surface area contributed by atoms with Crippen LogP contribution in [0.15, 0.2) is 35.3 Å². The molecular weight excluding hydrogens is 497 g/mol.